The molecule has 1 aromatic carbocycles. The van der Waals surface area contributed by atoms with Crippen molar-refractivity contribution >= 4 is 15.9 Å². The second kappa shape index (κ2) is 7.89. The van der Waals surface area contributed by atoms with Crippen LogP contribution in [-0.4, -0.2) is 19.8 Å². The van der Waals surface area contributed by atoms with Crippen LogP contribution in [0.3, 0.4) is 0 Å². The summed E-state index contributed by atoms with van der Waals surface area (Å²) >= 11 is 3.54. The van der Waals surface area contributed by atoms with Crippen LogP contribution in [0.15, 0.2) is 16.6 Å². The van der Waals surface area contributed by atoms with E-state index in [-0.39, 0.29) is 5.54 Å². The lowest BCUT2D eigenvalue weighted by atomic mass is 9.89. The van der Waals surface area contributed by atoms with Gasteiger partial charge in [0.15, 0.2) is 11.5 Å². The van der Waals surface area contributed by atoms with Gasteiger partial charge in [-0.25, -0.2) is 0 Å². The molecule has 0 amide bonds. The van der Waals surface area contributed by atoms with Crippen LogP contribution in [0.2, 0.25) is 0 Å². The minimum atomic E-state index is 0.222. The summed E-state index contributed by atoms with van der Waals surface area (Å²) in [5, 5.41) is 3.70. The lowest BCUT2D eigenvalue weighted by molar-refractivity contribution is 0.287. The van der Waals surface area contributed by atoms with Gasteiger partial charge in [0.2, 0.25) is 0 Å². The first-order valence-electron chi connectivity index (χ1n) is 7.21. The Kier molecular flexibility index (Phi) is 6.83. The zero-order valence-corrected chi connectivity index (χ0v) is 14.8. The Balaban J connectivity index is 2.91. The molecule has 0 spiro atoms. The summed E-state index contributed by atoms with van der Waals surface area (Å²) in [6, 6.07) is 4.11. The first-order chi connectivity index (χ1) is 9.55. The van der Waals surface area contributed by atoms with Gasteiger partial charge in [0, 0.05) is 12.1 Å². The molecule has 0 bridgehead atoms. The Morgan fingerprint density at radius 1 is 1.05 bits per heavy atom. The number of ether oxygens (including phenoxy) is 2. The molecule has 0 atom stereocenters. The van der Waals surface area contributed by atoms with Crippen molar-refractivity contribution < 1.29 is 9.47 Å². The highest BCUT2D eigenvalue weighted by Crippen LogP contribution is 2.36. The Labute approximate surface area is 131 Å². The molecule has 0 radical (unpaired) electrons. The Hall–Kier alpha value is -0.740. The molecule has 20 heavy (non-hydrogen) atoms. The maximum atomic E-state index is 5.39. The number of nitrogens with one attached hydrogen (secondary N) is 1. The van der Waals surface area contributed by atoms with Gasteiger partial charge in [-0.15, -0.1) is 0 Å². The summed E-state index contributed by atoms with van der Waals surface area (Å²) in [6.45, 7) is 7.55. The summed E-state index contributed by atoms with van der Waals surface area (Å²) in [7, 11) is 3.31. The fourth-order valence-corrected chi connectivity index (χ4v) is 3.14. The lowest BCUT2D eigenvalue weighted by Gasteiger charge is -2.32. The standard InChI is InChI=1S/C16H26BrNO2/c1-6-16(7-2,8-3)18-11-12-9-13(17)15(20-5)14(10-12)19-4/h9-10,18H,6-8,11H2,1-5H3. The van der Waals surface area contributed by atoms with Crippen molar-refractivity contribution in [2.24, 2.45) is 0 Å². The van der Waals surface area contributed by atoms with Crippen LogP contribution < -0.4 is 14.8 Å². The molecule has 0 aliphatic heterocycles. The van der Waals surface area contributed by atoms with E-state index in [1.54, 1.807) is 14.2 Å². The van der Waals surface area contributed by atoms with Crippen molar-refractivity contribution in [1.29, 1.82) is 0 Å². The van der Waals surface area contributed by atoms with E-state index in [4.69, 9.17) is 9.47 Å². The second-order valence-corrected chi connectivity index (χ2v) is 5.86. The van der Waals surface area contributed by atoms with E-state index in [2.05, 4.69) is 48.1 Å². The molecular formula is C16H26BrNO2. The van der Waals surface area contributed by atoms with Gasteiger partial charge in [-0.1, -0.05) is 20.8 Å². The van der Waals surface area contributed by atoms with Crippen LogP contribution in [0.1, 0.15) is 45.6 Å². The number of halogens is 1. The van der Waals surface area contributed by atoms with E-state index < -0.39 is 0 Å². The molecule has 0 saturated heterocycles. The third kappa shape index (κ3) is 3.89. The van der Waals surface area contributed by atoms with Crippen molar-refractivity contribution in [2.75, 3.05) is 14.2 Å². The van der Waals surface area contributed by atoms with Gasteiger partial charge >= 0.3 is 0 Å². The topological polar surface area (TPSA) is 30.5 Å². The van der Waals surface area contributed by atoms with E-state index in [9.17, 15) is 0 Å². The molecule has 114 valence electrons. The Morgan fingerprint density at radius 2 is 1.65 bits per heavy atom. The summed E-state index contributed by atoms with van der Waals surface area (Å²) < 4.78 is 11.6. The molecule has 0 saturated carbocycles. The minimum Gasteiger partial charge on any atom is -0.493 e. The average molecular weight is 344 g/mol. The highest BCUT2D eigenvalue weighted by molar-refractivity contribution is 9.10. The van der Waals surface area contributed by atoms with E-state index in [1.165, 1.54) is 5.56 Å². The second-order valence-electron chi connectivity index (χ2n) is 5.01. The monoisotopic (exact) mass is 343 g/mol. The molecule has 0 heterocycles. The normalized spacial score (nSPS) is 11.5. The third-order valence-corrected chi connectivity index (χ3v) is 4.78. The molecule has 4 heteroatoms. The molecule has 0 unspecified atom stereocenters. The van der Waals surface area contributed by atoms with Crippen LogP contribution in [0.4, 0.5) is 0 Å². The number of hydrogen-bond acceptors (Lipinski definition) is 3. The molecule has 0 fully saturated rings. The van der Waals surface area contributed by atoms with Crippen LogP contribution in [-0.2, 0) is 6.54 Å². The van der Waals surface area contributed by atoms with Gasteiger partial charge in [0.25, 0.3) is 0 Å². The van der Waals surface area contributed by atoms with E-state index in [0.29, 0.717) is 0 Å². The summed E-state index contributed by atoms with van der Waals surface area (Å²) in [4.78, 5) is 0. The molecule has 1 aromatic rings. The average Bonchev–Trinajstić information content (AvgIpc) is 2.48. The van der Waals surface area contributed by atoms with Crippen molar-refractivity contribution in [3.05, 3.63) is 22.2 Å². The predicted octanol–water partition coefficient (Wildman–Crippen LogP) is 4.52. The third-order valence-electron chi connectivity index (χ3n) is 4.19. The van der Waals surface area contributed by atoms with Crippen LogP contribution in [0.5, 0.6) is 11.5 Å². The van der Waals surface area contributed by atoms with Gasteiger partial charge in [-0.3, -0.25) is 0 Å². The highest BCUT2D eigenvalue weighted by Gasteiger charge is 2.23. The molecular weight excluding hydrogens is 318 g/mol. The van der Waals surface area contributed by atoms with Gasteiger partial charge in [0.05, 0.1) is 18.7 Å². The molecule has 1 rings (SSSR count). The maximum absolute atomic E-state index is 5.39. The first kappa shape index (κ1) is 17.3. The maximum Gasteiger partial charge on any atom is 0.174 e. The summed E-state index contributed by atoms with van der Waals surface area (Å²) in [5.74, 6) is 1.50. The highest BCUT2D eigenvalue weighted by atomic mass is 79.9. The number of hydrogen-bond donors (Lipinski definition) is 1. The predicted molar refractivity (Wildman–Crippen MR) is 87.7 cm³/mol. The van der Waals surface area contributed by atoms with Gasteiger partial charge in [-0.05, 0) is 52.9 Å². The van der Waals surface area contributed by atoms with Gasteiger partial charge < -0.3 is 14.8 Å². The first-order valence-corrected chi connectivity index (χ1v) is 8.00. The smallest absolute Gasteiger partial charge is 0.174 e. The fourth-order valence-electron chi connectivity index (χ4n) is 2.49. The Morgan fingerprint density at radius 3 is 2.10 bits per heavy atom. The van der Waals surface area contributed by atoms with Crippen molar-refractivity contribution in [2.45, 2.75) is 52.1 Å². The number of rotatable bonds is 8. The van der Waals surface area contributed by atoms with Crippen LogP contribution >= 0.6 is 15.9 Å². The van der Waals surface area contributed by atoms with Gasteiger partial charge in [-0.2, -0.15) is 0 Å². The quantitative estimate of drug-likeness (QED) is 0.752. The molecule has 1 N–H and O–H groups in total. The lowest BCUT2D eigenvalue weighted by Crippen LogP contribution is -2.43. The number of methoxy groups -OCH3 is 2. The molecule has 3 nitrogen and oxygen atoms in total. The molecule has 0 aromatic heterocycles. The van der Waals surface area contributed by atoms with Crippen LogP contribution in [0.25, 0.3) is 0 Å². The van der Waals surface area contributed by atoms with Crippen molar-refractivity contribution in [1.82, 2.24) is 5.32 Å². The summed E-state index contributed by atoms with van der Waals surface area (Å²) in [6.07, 6.45) is 3.40. The molecule has 0 aliphatic rings. The minimum absolute atomic E-state index is 0.222. The van der Waals surface area contributed by atoms with Crippen molar-refractivity contribution in [3.8, 4) is 11.5 Å². The zero-order valence-electron chi connectivity index (χ0n) is 13.2. The largest absolute Gasteiger partial charge is 0.493 e. The zero-order chi connectivity index (χ0) is 15.2. The van der Waals surface area contributed by atoms with E-state index in [0.717, 1.165) is 41.8 Å². The SMILES string of the molecule is CCC(CC)(CC)NCc1cc(Br)c(OC)c(OC)c1. The van der Waals surface area contributed by atoms with Gasteiger partial charge in [0.1, 0.15) is 0 Å². The fraction of sp³-hybridized carbons (Fsp3) is 0.625. The summed E-state index contributed by atoms with van der Waals surface area (Å²) in [5.41, 5.74) is 1.41. The molecule has 0 aliphatic carbocycles. The van der Waals surface area contributed by atoms with E-state index >= 15 is 0 Å². The van der Waals surface area contributed by atoms with E-state index in [1.807, 2.05) is 6.07 Å². The number of benzene rings is 1. The Bertz CT molecular complexity index is 422. The van der Waals surface area contributed by atoms with Crippen LogP contribution in [0, 0.1) is 0 Å². The van der Waals surface area contributed by atoms with Crippen molar-refractivity contribution in [3.63, 3.8) is 0 Å².